The number of aromatic nitrogens is 2. The Labute approximate surface area is 110 Å². The Bertz CT molecular complexity index is 364. The molecule has 1 saturated carbocycles. The van der Waals surface area contributed by atoms with E-state index in [1.807, 2.05) is 6.20 Å². The van der Waals surface area contributed by atoms with Crippen LogP contribution in [0, 0.1) is 0 Å². The first-order valence-electron chi connectivity index (χ1n) is 7.07. The molecule has 0 atom stereocenters. The Morgan fingerprint density at radius 3 is 2.72 bits per heavy atom. The van der Waals surface area contributed by atoms with Gasteiger partial charge in [-0.2, -0.15) is 5.10 Å². The molecular formula is C14H26N4. The molecule has 1 aliphatic carbocycles. The second-order valence-corrected chi connectivity index (χ2v) is 5.57. The lowest BCUT2D eigenvalue weighted by atomic mass is 9.96. The van der Waals surface area contributed by atoms with E-state index in [1.54, 1.807) is 0 Å². The molecule has 1 aromatic heterocycles. The summed E-state index contributed by atoms with van der Waals surface area (Å²) in [6, 6.07) is 2.10. The second-order valence-electron chi connectivity index (χ2n) is 5.57. The van der Waals surface area contributed by atoms with Crippen LogP contribution >= 0.6 is 0 Å². The first-order chi connectivity index (χ1) is 8.68. The van der Waals surface area contributed by atoms with E-state index >= 15 is 0 Å². The number of rotatable bonds is 6. The maximum atomic E-state index is 4.30. The molecule has 4 heteroatoms. The minimum Gasteiger partial charge on any atom is -0.309 e. The number of hydrogen-bond acceptors (Lipinski definition) is 3. The molecule has 0 bridgehead atoms. The smallest absolute Gasteiger partial charge is 0.0521 e. The van der Waals surface area contributed by atoms with Gasteiger partial charge in [-0.15, -0.1) is 0 Å². The minimum absolute atomic E-state index is 0.372. The van der Waals surface area contributed by atoms with Crippen LogP contribution in [0.4, 0.5) is 0 Å². The van der Waals surface area contributed by atoms with Gasteiger partial charge in [0.1, 0.15) is 0 Å². The standard InChI is InChI=1S/C14H26N4/c1-4-18-13(7-10-16-18)11-15-12-14(17(2)3)8-5-6-9-14/h7,10,15H,4-6,8-9,11-12H2,1-3H3. The van der Waals surface area contributed by atoms with Crippen LogP contribution < -0.4 is 5.32 Å². The van der Waals surface area contributed by atoms with Crippen molar-refractivity contribution in [3.8, 4) is 0 Å². The SMILES string of the molecule is CCn1nccc1CNCC1(N(C)C)CCCC1. The summed E-state index contributed by atoms with van der Waals surface area (Å²) in [6.45, 7) is 5.08. The minimum atomic E-state index is 0.372. The molecule has 0 amide bonds. The highest BCUT2D eigenvalue weighted by Gasteiger charge is 2.35. The van der Waals surface area contributed by atoms with Crippen molar-refractivity contribution in [2.24, 2.45) is 0 Å². The lowest BCUT2D eigenvalue weighted by Gasteiger charge is -2.36. The van der Waals surface area contributed by atoms with E-state index in [-0.39, 0.29) is 0 Å². The average Bonchev–Trinajstić information content (AvgIpc) is 2.98. The predicted octanol–water partition coefficient (Wildman–Crippen LogP) is 1.87. The first kappa shape index (κ1) is 13.6. The van der Waals surface area contributed by atoms with Crippen LogP contribution in [0.1, 0.15) is 38.3 Å². The maximum Gasteiger partial charge on any atom is 0.0521 e. The molecular weight excluding hydrogens is 224 g/mol. The first-order valence-corrected chi connectivity index (χ1v) is 7.07. The topological polar surface area (TPSA) is 33.1 Å². The normalized spacial score (nSPS) is 18.7. The quantitative estimate of drug-likeness (QED) is 0.836. The van der Waals surface area contributed by atoms with Gasteiger partial charge in [-0.1, -0.05) is 12.8 Å². The fourth-order valence-electron chi connectivity index (χ4n) is 3.03. The fourth-order valence-corrected chi connectivity index (χ4v) is 3.03. The van der Waals surface area contributed by atoms with E-state index < -0.39 is 0 Å². The lowest BCUT2D eigenvalue weighted by molar-refractivity contribution is 0.153. The van der Waals surface area contributed by atoms with E-state index in [1.165, 1.54) is 31.4 Å². The summed E-state index contributed by atoms with van der Waals surface area (Å²) >= 11 is 0. The lowest BCUT2D eigenvalue weighted by Crippen LogP contribution is -2.49. The van der Waals surface area contributed by atoms with Crippen LogP contribution in [0.3, 0.4) is 0 Å². The zero-order valence-electron chi connectivity index (χ0n) is 11.9. The van der Waals surface area contributed by atoms with E-state index in [9.17, 15) is 0 Å². The Morgan fingerprint density at radius 2 is 2.11 bits per heavy atom. The molecule has 0 unspecified atom stereocenters. The molecule has 0 radical (unpaired) electrons. The van der Waals surface area contributed by atoms with Crippen molar-refractivity contribution < 1.29 is 0 Å². The van der Waals surface area contributed by atoms with Gasteiger partial charge in [0.15, 0.2) is 0 Å². The van der Waals surface area contributed by atoms with Crippen molar-refractivity contribution in [2.45, 2.75) is 51.2 Å². The van der Waals surface area contributed by atoms with E-state index in [0.717, 1.165) is 19.6 Å². The van der Waals surface area contributed by atoms with Gasteiger partial charge >= 0.3 is 0 Å². The van der Waals surface area contributed by atoms with Crippen molar-refractivity contribution in [2.75, 3.05) is 20.6 Å². The number of likely N-dealkylation sites (N-methyl/N-ethyl adjacent to an activating group) is 1. The summed E-state index contributed by atoms with van der Waals surface area (Å²) < 4.78 is 2.06. The van der Waals surface area contributed by atoms with Gasteiger partial charge in [0, 0.05) is 31.4 Å². The zero-order chi connectivity index (χ0) is 13.0. The second kappa shape index (κ2) is 5.85. The highest BCUT2D eigenvalue weighted by molar-refractivity contribution is 5.01. The third-order valence-electron chi connectivity index (χ3n) is 4.35. The Hall–Kier alpha value is -0.870. The van der Waals surface area contributed by atoms with Crippen LogP contribution in [0.25, 0.3) is 0 Å². The average molecular weight is 250 g/mol. The van der Waals surface area contributed by atoms with Crippen LogP contribution in [0.2, 0.25) is 0 Å². The van der Waals surface area contributed by atoms with Gasteiger partial charge in [-0.3, -0.25) is 4.68 Å². The van der Waals surface area contributed by atoms with Crippen molar-refractivity contribution in [3.05, 3.63) is 18.0 Å². The van der Waals surface area contributed by atoms with Crippen LogP contribution in [-0.4, -0.2) is 40.9 Å². The van der Waals surface area contributed by atoms with Crippen molar-refractivity contribution in [1.82, 2.24) is 20.0 Å². The summed E-state index contributed by atoms with van der Waals surface area (Å²) in [7, 11) is 4.42. The summed E-state index contributed by atoms with van der Waals surface area (Å²) in [5, 5.41) is 7.93. The summed E-state index contributed by atoms with van der Waals surface area (Å²) in [5.41, 5.74) is 1.65. The molecule has 0 spiro atoms. The van der Waals surface area contributed by atoms with E-state index in [0.29, 0.717) is 5.54 Å². The zero-order valence-corrected chi connectivity index (χ0v) is 11.9. The van der Waals surface area contributed by atoms with Crippen LogP contribution in [-0.2, 0) is 13.1 Å². The third kappa shape index (κ3) is 2.75. The van der Waals surface area contributed by atoms with Gasteiger partial charge in [-0.25, -0.2) is 0 Å². The highest BCUT2D eigenvalue weighted by atomic mass is 15.3. The molecule has 1 aliphatic rings. The molecule has 0 aromatic carbocycles. The van der Waals surface area contributed by atoms with Crippen molar-refractivity contribution in [1.29, 1.82) is 0 Å². The largest absolute Gasteiger partial charge is 0.309 e. The molecule has 1 N–H and O–H groups in total. The van der Waals surface area contributed by atoms with E-state index in [2.05, 4.69) is 47.1 Å². The van der Waals surface area contributed by atoms with Crippen molar-refractivity contribution in [3.63, 3.8) is 0 Å². The van der Waals surface area contributed by atoms with Crippen LogP contribution in [0.15, 0.2) is 12.3 Å². The summed E-state index contributed by atoms with van der Waals surface area (Å²) in [6.07, 6.45) is 7.26. The molecule has 1 aromatic rings. The monoisotopic (exact) mass is 250 g/mol. The number of hydrogen-bond donors (Lipinski definition) is 1. The Morgan fingerprint density at radius 1 is 1.39 bits per heavy atom. The maximum absolute atomic E-state index is 4.30. The summed E-state index contributed by atoms with van der Waals surface area (Å²) in [4.78, 5) is 2.41. The molecule has 0 saturated heterocycles. The summed E-state index contributed by atoms with van der Waals surface area (Å²) in [5.74, 6) is 0. The highest BCUT2D eigenvalue weighted by Crippen LogP contribution is 2.33. The number of aryl methyl sites for hydroxylation is 1. The molecule has 18 heavy (non-hydrogen) atoms. The Balaban J connectivity index is 1.87. The van der Waals surface area contributed by atoms with Gasteiger partial charge in [0.05, 0.1) is 5.69 Å². The van der Waals surface area contributed by atoms with Gasteiger partial charge < -0.3 is 10.2 Å². The molecule has 1 heterocycles. The van der Waals surface area contributed by atoms with Gasteiger partial charge in [0.25, 0.3) is 0 Å². The van der Waals surface area contributed by atoms with Gasteiger partial charge in [-0.05, 0) is 39.9 Å². The molecule has 102 valence electrons. The third-order valence-corrected chi connectivity index (χ3v) is 4.35. The van der Waals surface area contributed by atoms with Gasteiger partial charge in [0.2, 0.25) is 0 Å². The predicted molar refractivity (Wildman–Crippen MR) is 74.5 cm³/mol. The molecule has 1 fully saturated rings. The van der Waals surface area contributed by atoms with Crippen molar-refractivity contribution >= 4 is 0 Å². The Kier molecular flexibility index (Phi) is 4.40. The molecule has 4 nitrogen and oxygen atoms in total. The van der Waals surface area contributed by atoms with E-state index in [4.69, 9.17) is 0 Å². The molecule has 2 rings (SSSR count). The fraction of sp³-hybridized carbons (Fsp3) is 0.786. The van der Waals surface area contributed by atoms with Crippen LogP contribution in [0.5, 0.6) is 0 Å². The number of nitrogens with one attached hydrogen (secondary N) is 1. The number of nitrogens with zero attached hydrogens (tertiary/aromatic N) is 3. The molecule has 0 aliphatic heterocycles.